The van der Waals surface area contributed by atoms with Gasteiger partial charge < -0.3 is 10.4 Å². The monoisotopic (exact) mass is 330 g/mol. The standard InChI is InChI=1S/C22H22N2O/c1-15(24-21-13-18-5-2-3-7-20(18)22(21)25)16-8-10-17(11-9-16)19-6-4-12-23-14-19/h2-12,14-15,21-22,24-25H,13H2,1H3. The van der Waals surface area contributed by atoms with Gasteiger partial charge in [-0.3, -0.25) is 4.98 Å². The molecule has 3 aromatic rings. The minimum absolute atomic E-state index is 0.0606. The molecule has 1 aliphatic rings. The summed E-state index contributed by atoms with van der Waals surface area (Å²) < 4.78 is 0. The summed E-state index contributed by atoms with van der Waals surface area (Å²) in [5, 5.41) is 14.1. The lowest BCUT2D eigenvalue weighted by Crippen LogP contribution is -2.34. The van der Waals surface area contributed by atoms with E-state index in [-0.39, 0.29) is 12.1 Å². The van der Waals surface area contributed by atoms with Gasteiger partial charge in [0.15, 0.2) is 0 Å². The van der Waals surface area contributed by atoms with Crippen molar-refractivity contribution in [3.05, 3.63) is 89.7 Å². The molecule has 0 amide bonds. The molecule has 4 rings (SSSR count). The number of pyridine rings is 1. The van der Waals surface area contributed by atoms with E-state index in [1.807, 2.05) is 30.5 Å². The van der Waals surface area contributed by atoms with Gasteiger partial charge in [-0.1, -0.05) is 54.6 Å². The van der Waals surface area contributed by atoms with Crippen molar-refractivity contribution in [2.24, 2.45) is 0 Å². The Morgan fingerprint density at radius 2 is 1.80 bits per heavy atom. The third kappa shape index (κ3) is 3.21. The first-order chi connectivity index (χ1) is 12.2. The number of hydrogen-bond acceptors (Lipinski definition) is 3. The minimum atomic E-state index is -0.437. The average Bonchev–Trinajstić information content (AvgIpc) is 2.98. The van der Waals surface area contributed by atoms with E-state index in [2.05, 4.69) is 53.6 Å². The van der Waals surface area contributed by atoms with E-state index in [1.54, 1.807) is 6.20 Å². The molecule has 3 unspecified atom stereocenters. The SMILES string of the molecule is CC(NC1Cc2ccccc2C1O)c1ccc(-c2cccnc2)cc1. The molecule has 0 saturated heterocycles. The molecular weight excluding hydrogens is 308 g/mol. The van der Waals surface area contributed by atoms with Crippen molar-refractivity contribution in [2.75, 3.05) is 0 Å². The Kier molecular flexibility index (Phi) is 4.35. The molecular formula is C22H22N2O. The number of aliphatic hydroxyl groups is 1. The third-order valence-electron chi connectivity index (χ3n) is 5.06. The smallest absolute Gasteiger partial charge is 0.0949 e. The molecule has 0 aliphatic heterocycles. The van der Waals surface area contributed by atoms with Crippen LogP contribution < -0.4 is 5.32 Å². The Balaban J connectivity index is 1.46. The summed E-state index contributed by atoms with van der Waals surface area (Å²) in [5.41, 5.74) is 5.80. The first-order valence-electron chi connectivity index (χ1n) is 8.74. The van der Waals surface area contributed by atoms with Crippen LogP contribution in [0.15, 0.2) is 73.1 Å². The van der Waals surface area contributed by atoms with Gasteiger partial charge in [-0.25, -0.2) is 0 Å². The quantitative estimate of drug-likeness (QED) is 0.758. The number of aliphatic hydroxyl groups excluding tert-OH is 1. The maximum Gasteiger partial charge on any atom is 0.0949 e. The minimum Gasteiger partial charge on any atom is -0.387 e. The zero-order valence-electron chi connectivity index (χ0n) is 14.3. The molecule has 0 spiro atoms. The topological polar surface area (TPSA) is 45.1 Å². The molecule has 3 heteroatoms. The lowest BCUT2D eigenvalue weighted by atomic mass is 10.0. The van der Waals surface area contributed by atoms with Gasteiger partial charge in [0.2, 0.25) is 0 Å². The highest BCUT2D eigenvalue weighted by Gasteiger charge is 2.31. The fourth-order valence-electron chi connectivity index (χ4n) is 3.64. The normalized spacial score (nSPS) is 20.2. The molecule has 126 valence electrons. The Labute approximate surface area is 148 Å². The molecule has 0 radical (unpaired) electrons. The van der Waals surface area contributed by atoms with Crippen LogP contribution in [0.1, 0.15) is 35.8 Å². The Bertz CT molecular complexity index is 845. The van der Waals surface area contributed by atoms with Gasteiger partial charge in [-0.05, 0) is 47.2 Å². The van der Waals surface area contributed by atoms with Gasteiger partial charge in [0.25, 0.3) is 0 Å². The highest BCUT2D eigenvalue weighted by atomic mass is 16.3. The van der Waals surface area contributed by atoms with E-state index in [1.165, 1.54) is 11.1 Å². The van der Waals surface area contributed by atoms with Crippen LogP contribution in [0.2, 0.25) is 0 Å². The molecule has 1 aliphatic carbocycles. The van der Waals surface area contributed by atoms with Gasteiger partial charge in [-0.15, -0.1) is 0 Å². The summed E-state index contributed by atoms with van der Waals surface area (Å²) in [6, 6.07) is 21.0. The molecule has 0 fully saturated rings. The van der Waals surface area contributed by atoms with Gasteiger partial charge in [0.05, 0.1) is 6.10 Å². The van der Waals surface area contributed by atoms with Crippen molar-refractivity contribution < 1.29 is 5.11 Å². The van der Waals surface area contributed by atoms with Crippen LogP contribution in [-0.2, 0) is 6.42 Å². The highest BCUT2D eigenvalue weighted by Crippen LogP contribution is 2.32. The number of hydrogen-bond donors (Lipinski definition) is 2. The van der Waals surface area contributed by atoms with Crippen molar-refractivity contribution in [3.8, 4) is 11.1 Å². The fraction of sp³-hybridized carbons (Fsp3) is 0.227. The Morgan fingerprint density at radius 3 is 2.52 bits per heavy atom. The molecule has 25 heavy (non-hydrogen) atoms. The van der Waals surface area contributed by atoms with Gasteiger partial charge in [0.1, 0.15) is 0 Å². The fourth-order valence-corrected chi connectivity index (χ4v) is 3.64. The van der Waals surface area contributed by atoms with Crippen molar-refractivity contribution in [1.29, 1.82) is 0 Å². The molecule has 2 aromatic carbocycles. The summed E-state index contributed by atoms with van der Waals surface area (Å²) >= 11 is 0. The number of rotatable bonds is 4. The number of fused-ring (bicyclic) bond motifs is 1. The van der Waals surface area contributed by atoms with E-state index < -0.39 is 6.10 Å². The predicted octanol–water partition coefficient (Wildman–Crippen LogP) is 4.06. The van der Waals surface area contributed by atoms with E-state index >= 15 is 0 Å². The molecule has 1 aromatic heterocycles. The lowest BCUT2D eigenvalue weighted by molar-refractivity contribution is 0.136. The van der Waals surface area contributed by atoms with E-state index in [9.17, 15) is 5.11 Å². The highest BCUT2D eigenvalue weighted by molar-refractivity contribution is 5.62. The van der Waals surface area contributed by atoms with Crippen LogP contribution in [0.4, 0.5) is 0 Å². The van der Waals surface area contributed by atoms with Crippen LogP contribution in [0.25, 0.3) is 11.1 Å². The van der Waals surface area contributed by atoms with Gasteiger partial charge in [-0.2, -0.15) is 0 Å². The van der Waals surface area contributed by atoms with Gasteiger partial charge >= 0.3 is 0 Å². The molecule has 0 saturated carbocycles. The largest absolute Gasteiger partial charge is 0.387 e. The number of nitrogens with one attached hydrogen (secondary N) is 1. The molecule has 0 bridgehead atoms. The maximum absolute atomic E-state index is 10.6. The maximum atomic E-state index is 10.6. The van der Waals surface area contributed by atoms with Crippen molar-refractivity contribution in [1.82, 2.24) is 10.3 Å². The molecule has 3 nitrogen and oxygen atoms in total. The summed E-state index contributed by atoms with van der Waals surface area (Å²) in [6.45, 7) is 2.15. The van der Waals surface area contributed by atoms with Gasteiger partial charge in [0, 0.05) is 24.5 Å². The second kappa shape index (κ2) is 6.79. The molecule has 1 heterocycles. The number of benzene rings is 2. The van der Waals surface area contributed by atoms with Crippen LogP contribution in [0.5, 0.6) is 0 Å². The van der Waals surface area contributed by atoms with Crippen LogP contribution in [0, 0.1) is 0 Å². The molecule has 2 N–H and O–H groups in total. The third-order valence-corrected chi connectivity index (χ3v) is 5.06. The predicted molar refractivity (Wildman–Crippen MR) is 100 cm³/mol. The lowest BCUT2D eigenvalue weighted by Gasteiger charge is -2.23. The van der Waals surface area contributed by atoms with Crippen molar-refractivity contribution >= 4 is 0 Å². The summed E-state index contributed by atoms with van der Waals surface area (Å²) in [7, 11) is 0. The first kappa shape index (κ1) is 16.0. The van der Waals surface area contributed by atoms with Crippen molar-refractivity contribution in [3.63, 3.8) is 0 Å². The van der Waals surface area contributed by atoms with Crippen LogP contribution in [-0.4, -0.2) is 16.1 Å². The average molecular weight is 330 g/mol. The second-order valence-electron chi connectivity index (χ2n) is 6.71. The summed E-state index contributed by atoms with van der Waals surface area (Å²) in [6.07, 6.45) is 4.10. The Morgan fingerprint density at radius 1 is 1.00 bits per heavy atom. The number of aromatic nitrogens is 1. The number of nitrogens with zero attached hydrogens (tertiary/aromatic N) is 1. The summed E-state index contributed by atoms with van der Waals surface area (Å²) in [4.78, 5) is 4.17. The molecule has 3 atom stereocenters. The Hall–Kier alpha value is -2.49. The van der Waals surface area contributed by atoms with Crippen LogP contribution >= 0.6 is 0 Å². The zero-order chi connectivity index (χ0) is 17.2. The first-order valence-corrected chi connectivity index (χ1v) is 8.74. The van der Waals surface area contributed by atoms with E-state index in [4.69, 9.17) is 0 Å². The zero-order valence-corrected chi connectivity index (χ0v) is 14.3. The van der Waals surface area contributed by atoms with E-state index in [0.717, 1.165) is 23.1 Å². The summed E-state index contributed by atoms with van der Waals surface area (Å²) in [5.74, 6) is 0. The van der Waals surface area contributed by atoms with E-state index in [0.29, 0.717) is 0 Å². The van der Waals surface area contributed by atoms with Crippen molar-refractivity contribution in [2.45, 2.75) is 31.5 Å². The van der Waals surface area contributed by atoms with Crippen LogP contribution in [0.3, 0.4) is 0 Å². The second-order valence-corrected chi connectivity index (χ2v) is 6.71.